The minimum Gasteiger partial charge on any atom is -0.493 e. The number of hydrazone groups is 1. The molecule has 0 spiro atoms. The van der Waals surface area contributed by atoms with Crippen LogP contribution < -0.4 is 20.6 Å². The normalized spacial score (nSPS) is 10.9. The van der Waals surface area contributed by atoms with Crippen LogP contribution >= 0.6 is 34.5 Å². The van der Waals surface area contributed by atoms with Gasteiger partial charge in [-0.25, -0.2) is 4.98 Å². The third kappa shape index (κ3) is 5.03. The molecule has 2 aromatic carbocycles. The second-order valence-corrected chi connectivity index (χ2v) is 7.05. The van der Waals surface area contributed by atoms with E-state index in [1.807, 2.05) is 24.3 Å². The molecule has 0 aliphatic heterocycles. The first-order valence-electron chi connectivity index (χ1n) is 7.80. The lowest BCUT2D eigenvalue weighted by atomic mass is 10.2. The number of methoxy groups -OCH3 is 1. The number of halogens is 2. The van der Waals surface area contributed by atoms with Crippen molar-refractivity contribution in [1.29, 1.82) is 0 Å². The van der Waals surface area contributed by atoms with Crippen molar-refractivity contribution in [2.75, 3.05) is 18.3 Å². The summed E-state index contributed by atoms with van der Waals surface area (Å²) in [4.78, 5) is 4.08. The van der Waals surface area contributed by atoms with Crippen molar-refractivity contribution in [3.8, 4) is 11.5 Å². The molecule has 0 fully saturated rings. The van der Waals surface area contributed by atoms with Crippen molar-refractivity contribution in [2.45, 2.75) is 6.61 Å². The van der Waals surface area contributed by atoms with Gasteiger partial charge in [0, 0.05) is 26.6 Å². The van der Waals surface area contributed by atoms with Crippen molar-refractivity contribution in [2.24, 2.45) is 5.10 Å². The summed E-state index contributed by atoms with van der Waals surface area (Å²) in [6.45, 7) is 0.258. The van der Waals surface area contributed by atoms with Gasteiger partial charge in [0.05, 0.1) is 13.3 Å². The number of nitrogens with zero attached hydrogens (tertiary/aromatic N) is 2. The zero-order chi connectivity index (χ0) is 19.2. The quantitative estimate of drug-likeness (QED) is 0.410. The molecule has 3 rings (SSSR count). The monoisotopic (exact) mass is 422 g/mol. The van der Waals surface area contributed by atoms with Crippen LogP contribution in [-0.2, 0) is 6.61 Å². The number of ether oxygens (including phenoxy) is 2. The van der Waals surface area contributed by atoms with Gasteiger partial charge < -0.3 is 15.2 Å². The average Bonchev–Trinajstić information content (AvgIpc) is 3.06. The fourth-order valence-electron chi connectivity index (χ4n) is 2.23. The average molecular weight is 423 g/mol. The van der Waals surface area contributed by atoms with Crippen LogP contribution in [0.15, 0.2) is 46.9 Å². The zero-order valence-electron chi connectivity index (χ0n) is 14.3. The van der Waals surface area contributed by atoms with Gasteiger partial charge in [-0.05, 0) is 24.3 Å². The SMILES string of the molecule is COc1cccc(C=NNc2nc(N)cs2)c1OCc1ccc(Cl)cc1Cl. The van der Waals surface area contributed by atoms with E-state index in [-0.39, 0.29) is 6.61 Å². The summed E-state index contributed by atoms with van der Waals surface area (Å²) in [6, 6.07) is 10.8. The number of thiazole rings is 1. The maximum Gasteiger partial charge on any atom is 0.205 e. The summed E-state index contributed by atoms with van der Waals surface area (Å²) in [7, 11) is 1.58. The van der Waals surface area contributed by atoms with Crippen LogP contribution in [-0.4, -0.2) is 18.3 Å². The van der Waals surface area contributed by atoms with Gasteiger partial charge in [0.15, 0.2) is 11.5 Å². The van der Waals surface area contributed by atoms with Gasteiger partial charge in [0.25, 0.3) is 0 Å². The van der Waals surface area contributed by atoms with Gasteiger partial charge in [-0.1, -0.05) is 35.3 Å². The van der Waals surface area contributed by atoms with E-state index in [2.05, 4.69) is 15.5 Å². The van der Waals surface area contributed by atoms with Crippen LogP contribution in [0.2, 0.25) is 10.0 Å². The van der Waals surface area contributed by atoms with Crippen LogP contribution in [0.25, 0.3) is 0 Å². The Hall–Kier alpha value is -2.48. The Bertz CT molecular complexity index is 962. The number of nitrogen functional groups attached to an aromatic ring is 1. The van der Waals surface area contributed by atoms with E-state index >= 15 is 0 Å². The van der Waals surface area contributed by atoms with Crippen LogP contribution in [0.5, 0.6) is 11.5 Å². The molecule has 0 atom stereocenters. The Morgan fingerprint density at radius 1 is 1.30 bits per heavy atom. The fourth-order valence-corrected chi connectivity index (χ4v) is 3.24. The topological polar surface area (TPSA) is 81.8 Å². The Morgan fingerprint density at radius 2 is 2.15 bits per heavy atom. The number of nitrogens with two attached hydrogens (primary N) is 1. The van der Waals surface area contributed by atoms with Crippen LogP contribution in [0, 0.1) is 0 Å². The number of anilines is 2. The van der Waals surface area contributed by atoms with Crippen LogP contribution in [0.3, 0.4) is 0 Å². The molecule has 0 unspecified atom stereocenters. The first kappa shape index (κ1) is 19.3. The Labute approximate surface area is 170 Å². The van der Waals surface area contributed by atoms with Crippen molar-refractivity contribution in [3.05, 3.63) is 63.0 Å². The molecule has 3 aromatic rings. The van der Waals surface area contributed by atoms with Crippen molar-refractivity contribution >= 4 is 51.7 Å². The van der Waals surface area contributed by atoms with E-state index in [9.17, 15) is 0 Å². The van der Waals surface area contributed by atoms with Crippen molar-refractivity contribution in [3.63, 3.8) is 0 Å². The molecule has 140 valence electrons. The molecule has 1 heterocycles. The summed E-state index contributed by atoms with van der Waals surface area (Å²) >= 11 is 13.5. The molecule has 1 aromatic heterocycles. The molecule has 9 heteroatoms. The van der Waals surface area contributed by atoms with Gasteiger partial charge >= 0.3 is 0 Å². The molecular formula is C18H16Cl2N4O2S. The lowest BCUT2D eigenvalue weighted by Gasteiger charge is -2.14. The molecule has 6 nitrogen and oxygen atoms in total. The highest BCUT2D eigenvalue weighted by atomic mass is 35.5. The molecule has 0 bridgehead atoms. The predicted octanol–water partition coefficient (Wildman–Crippen LogP) is 5.07. The lowest BCUT2D eigenvalue weighted by Crippen LogP contribution is -2.02. The second kappa shape index (κ2) is 8.94. The van der Waals surface area contributed by atoms with Gasteiger partial charge in [-0.2, -0.15) is 5.10 Å². The zero-order valence-corrected chi connectivity index (χ0v) is 16.6. The largest absolute Gasteiger partial charge is 0.493 e. The minimum atomic E-state index is 0.258. The van der Waals surface area contributed by atoms with E-state index in [4.69, 9.17) is 38.4 Å². The lowest BCUT2D eigenvalue weighted by molar-refractivity contribution is 0.284. The Morgan fingerprint density at radius 3 is 2.85 bits per heavy atom. The highest BCUT2D eigenvalue weighted by Gasteiger charge is 2.11. The van der Waals surface area contributed by atoms with E-state index in [1.165, 1.54) is 11.3 Å². The maximum atomic E-state index is 6.21. The van der Waals surface area contributed by atoms with Gasteiger partial charge in [-0.15, -0.1) is 11.3 Å². The standard InChI is InChI=1S/C18H16Cl2N4O2S/c1-25-15-4-2-3-11(8-22-24-18-23-16(21)10-27-18)17(15)26-9-12-5-6-13(19)7-14(12)20/h2-8,10H,9,21H2,1H3,(H,23,24). The summed E-state index contributed by atoms with van der Waals surface area (Å²) in [5.74, 6) is 1.58. The van der Waals surface area contributed by atoms with E-state index < -0.39 is 0 Å². The third-order valence-corrected chi connectivity index (χ3v) is 4.85. The van der Waals surface area contributed by atoms with E-state index in [0.29, 0.717) is 32.5 Å². The Kier molecular flexibility index (Phi) is 6.39. The number of para-hydroxylation sites is 1. The molecule has 0 aliphatic rings. The molecule has 3 N–H and O–H groups in total. The third-order valence-electron chi connectivity index (χ3n) is 3.50. The minimum absolute atomic E-state index is 0.258. The van der Waals surface area contributed by atoms with Crippen molar-refractivity contribution in [1.82, 2.24) is 4.98 Å². The predicted molar refractivity (Wildman–Crippen MR) is 112 cm³/mol. The number of aromatic nitrogens is 1. The van der Waals surface area contributed by atoms with Gasteiger partial charge in [0.1, 0.15) is 12.4 Å². The number of hydrogen-bond donors (Lipinski definition) is 2. The molecular weight excluding hydrogens is 407 g/mol. The maximum absolute atomic E-state index is 6.21. The summed E-state index contributed by atoms with van der Waals surface area (Å²) in [6.07, 6.45) is 1.62. The molecule has 27 heavy (non-hydrogen) atoms. The molecule has 0 amide bonds. The van der Waals surface area contributed by atoms with Crippen LogP contribution in [0.1, 0.15) is 11.1 Å². The van der Waals surface area contributed by atoms with Crippen molar-refractivity contribution < 1.29 is 9.47 Å². The molecule has 0 radical (unpaired) electrons. The highest BCUT2D eigenvalue weighted by molar-refractivity contribution is 7.14. The fraction of sp³-hybridized carbons (Fsp3) is 0.111. The molecule has 0 saturated carbocycles. The van der Waals surface area contributed by atoms with E-state index in [1.54, 1.807) is 30.8 Å². The summed E-state index contributed by atoms with van der Waals surface area (Å²) in [5.41, 5.74) is 9.97. The molecule has 0 saturated heterocycles. The summed E-state index contributed by atoms with van der Waals surface area (Å²) in [5, 5.41) is 7.62. The van der Waals surface area contributed by atoms with E-state index in [0.717, 1.165) is 11.1 Å². The number of rotatable bonds is 7. The van der Waals surface area contributed by atoms with Gasteiger partial charge in [0.2, 0.25) is 5.13 Å². The van der Waals surface area contributed by atoms with Gasteiger partial charge in [-0.3, -0.25) is 5.43 Å². The number of hydrogen-bond acceptors (Lipinski definition) is 7. The summed E-state index contributed by atoms with van der Waals surface area (Å²) < 4.78 is 11.4. The highest BCUT2D eigenvalue weighted by Crippen LogP contribution is 2.32. The number of benzene rings is 2. The second-order valence-electron chi connectivity index (χ2n) is 5.35. The Balaban J connectivity index is 1.78. The number of nitrogens with one attached hydrogen (secondary N) is 1. The van der Waals surface area contributed by atoms with Crippen LogP contribution in [0.4, 0.5) is 10.9 Å². The smallest absolute Gasteiger partial charge is 0.205 e. The first-order valence-corrected chi connectivity index (χ1v) is 9.44. The first-order chi connectivity index (χ1) is 13.1. The molecule has 0 aliphatic carbocycles.